The number of carbonyl (C=O) groups is 1. The molecule has 0 aliphatic rings. The molecule has 0 spiro atoms. The lowest BCUT2D eigenvalue weighted by Crippen LogP contribution is -2.22. The monoisotopic (exact) mass is 224 g/mol. The van der Waals surface area contributed by atoms with Crippen LogP contribution in [0.5, 0.6) is 0 Å². The van der Waals surface area contributed by atoms with Gasteiger partial charge in [-0.05, 0) is 13.8 Å². The summed E-state index contributed by atoms with van der Waals surface area (Å²) < 4.78 is -0.246. The topological polar surface area (TPSA) is 37.3 Å². The predicted octanol–water partition coefficient (Wildman–Crippen LogP) is 2.37. The Hall–Kier alpha value is -0.800. The van der Waals surface area contributed by atoms with Crippen LogP contribution in [0.15, 0.2) is 30.3 Å². The maximum Gasteiger partial charge on any atom is 0.172 e. The maximum absolute atomic E-state index is 11.7. The van der Waals surface area contributed by atoms with Crippen LogP contribution < -0.4 is 0 Å². The van der Waals surface area contributed by atoms with E-state index in [-0.39, 0.29) is 17.1 Å². The standard InChI is InChI=1S/C12H16O2S/c1-12(2,9-13)15-8-11(14)10-6-4-3-5-7-10/h3-7,13H,8-9H2,1-2H3. The first-order chi connectivity index (χ1) is 7.05. The summed E-state index contributed by atoms with van der Waals surface area (Å²) in [5.74, 6) is 0.527. The molecule has 0 heterocycles. The highest BCUT2D eigenvalue weighted by atomic mass is 32.2. The van der Waals surface area contributed by atoms with Gasteiger partial charge >= 0.3 is 0 Å². The van der Waals surface area contributed by atoms with Gasteiger partial charge in [0.25, 0.3) is 0 Å². The average Bonchev–Trinajstić information content (AvgIpc) is 2.27. The summed E-state index contributed by atoms with van der Waals surface area (Å²) in [6.07, 6.45) is 0. The molecule has 0 amide bonds. The number of Topliss-reactive ketones (excluding diaryl/α,β-unsaturated/α-hetero) is 1. The number of carbonyl (C=O) groups excluding carboxylic acids is 1. The Morgan fingerprint density at radius 2 is 1.93 bits per heavy atom. The summed E-state index contributed by atoms with van der Waals surface area (Å²) in [6, 6.07) is 9.23. The molecule has 1 N–H and O–H groups in total. The second-order valence-corrected chi connectivity index (χ2v) is 5.68. The maximum atomic E-state index is 11.7. The van der Waals surface area contributed by atoms with Crippen molar-refractivity contribution in [3.05, 3.63) is 35.9 Å². The van der Waals surface area contributed by atoms with Crippen LogP contribution in [0, 0.1) is 0 Å². The number of hydrogen-bond donors (Lipinski definition) is 1. The van der Waals surface area contributed by atoms with Crippen LogP contribution in [0.25, 0.3) is 0 Å². The van der Waals surface area contributed by atoms with Crippen molar-refractivity contribution in [1.29, 1.82) is 0 Å². The van der Waals surface area contributed by atoms with E-state index in [4.69, 9.17) is 5.11 Å². The van der Waals surface area contributed by atoms with Gasteiger partial charge in [-0.2, -0.15) is 0 Å². The number of hydrogen-bond acceptors (Lipinski definition) is 3. The van der Waals surface area contributed by atoms with E-state index < -0.39 is 0 Å². The summed E-state index contributed by atoms with van der Waals surface area (Å²) in [4.78, 5) is 11.7. The van der Waals surface area contributed by atoms with Crippen molar-refractivity contribution in [1.82, 2.24) is 0 Å². The smallest absolute Gasteiger partial charge is 0.172 e. The molecule has 0 bridgehead atoms. The normalized spacial score (nSPS) is 11.4. The second-order valence-electron chi connectivity index (χ2n) is 4.00. The van der Waals surface area contributed by atoms with E-state index in [9.17, 15) is 4.79 Å². The fourth-order valence-electron chi connectivity index (χ4n) is 1.01. The molecule has 0 fully saturated rings. The molecule has 0 aliphatic heterocycles. The minimum Gasteiger partial charge on any atom is -0.395 e. The Bertz CT molecular complexity index is 320. The van der Waals surface area contributed by atoms with Crippen LogP contribution in [-0.4, -0.2) is 28.0 Å². The Kier molecular flexibility index (Phi) is 4.36. The molecule has 82 valence electrons. The highest BCUT2D eigenvalue weighted by molar-refractivity contribution is 8.01. The highest BCUT2D eigenvalue weighted by Gasteiger charge is 2.18. The van der Waals surface area contributed by atoms with Gasteiger partial charge in [0.2, 0.25) is 0 Å². The molecule has 0 aliphatic carbocycles. The first-order valence-corrected chi connectivity index (χ1v) is 5.87. The van der Waals surface area contributed by atoms with E-state index >= 15 is 0 Å². The third-order valence-corrected chi connectivity index (χ3v) is 3.39. The summed E-state index contributed by atoms with van der Waals surface area (Å²) >= 11 is 1.48. The van der Waals surface area contributed by atoms with Crippen LogP contribution in [0.1, 0.15) is 24.2 Å². The molecular weight excluding hydrogens is 208 g/mol. The fraction of sp³-hybridized carbons (Fsp3) is 0.417. The van der Waals surface area contributed by atoms with Crippen LogP contribution in [0.3, 0.4) is 0 Å². The molecule has 0 aromatic heterocycles. The van der Waals surface area contributed by atoms with E-state index in [2.05, 4.69) is 0 Å². The van der Waals surface area contributed by atoms with Crippen LogP contribution in [0.4, 0.5) is 0 Å². The van der Waals surface area contributed by atoms with E-state index in [1.165, 1.54) is 11.8 Å². The minimum absolute atomic E-state index is 0.0831. The van der Waals surface area contributed by atoms with Gasteiger partial charge in [-0.3, -0.25) is 4.79 Å². The Morgan fingerprint density at radius 3 is 2.47 bits per heavy atom. The molecule has 0 saturated carbocycles. The van der Waals surface area contributed by atoms with E-state index in [0.29, 0.717) is 5.75 Å². The zero-order chi connectivity index (χ0) is 11.3. The minimum atomic E-state index is -0.246. The van der Waals surface area contributed by atoms with Crippen molar-refractivity contribution < 1.29 is 9.90 Å². The summed E-state index contributed by atoms with van der Waals surface area (Å²) in [7, 11) is 0. The van der Waals surface area contributed by atoms with Gasteiger partial charge in [0, 0.05) is 10.3 Å². The number of benzene rings is 1. The molecule has 0 unspecified atom stereocenters. The van der Waals surface area contributed by atoms with Gasteiger partial charge in [0.05, 0.1) is 12.4 Å². The Labute approximate surface area is 94.7 Å². The molecule has 0 radical (unpaired) electrons. The number of thioether (sulfide) groups is 1. The van der Waals surface area contributed by atoms with Crippen molar-refractivity contribution in [2.45, 2.75) is 18.6 Å². The molecule has 3 heteroatoms. The van der Waals surface area contributed by atoms with E-state index in [1.807, 2.05) is 44.2 Å². The quantitative estimate of drug-likeness (QED) is 0.780. The number of ketones is 1. The van der Waals surface area contributed by atoms with Gasteiger partial charge < -0.3 is 5.11 Å². The molecular formula is C12H16O2S. The average molecular weight is 224 g/mol. The zero-order valence-corrected chi connectivity index (χ0v) is 9.88. The fourth-order valence-corrected chi connectivity index (χ4v) is 1.79. The number of aliphatic hydroxyl groups excluding tert-OH is 1. The molecule has 1 aromatic carbocycles. The van der Waals surface area contributed by atoms with Crippen LogP contribution in [-0.2, 0) is 0 Å². The van der Waals surface area contributed by atoms with E-state index in [1.54, 1.807) is 0 Å². The van der Waals surface area contributed by atoms with Gasteiger partial charge in [0.1, 0.15) is 0 Å². The lowest BCUT2D eigenvalue weighted by atomic mass is 10.2. The zero-order valence-electron chi connectivity index (χ0n) is 9.06. The molecule has 1 aromatic rings. The number of rotatable bonds is 5. The van der Waals surface area contributed by atoms with Gasteiger partial charge in [0.15, 0.2) is 5.78 Å². The SMILES string of the molecule is CC(C)(CO)SCC(=O)c1ccccc1. The Balaban J connectivity index is 2.51. The first kappa shape index (κ1) is 12.3. The summed E-state index contributed by atoms with van der Waals surface area (Å²) in [5, 5.41) is 9.05. The van der Waals surface area contributed by atoms with E-state index in [0.717, 1.165) is 5.56 Å². The summed E-state index contributed by atoms with van der Waals surface area (Å²) in [6.45, 7) is 3.94. The Morgan fingerprint density at radius 1 is 1.33 bits per heavy atom. The summed E-state index contributed by atoms with van der Waals surface area (Å²) in [5.41, 5.74) is 0.735. The third-order valence-electron chi connectivity index (χ3n) is 2.07. The first-order valence-electron chi connectivity index (χ1n) is 4.88. The molecule has 0 atom stereocenters. The third kappa shape index (κ3) is 4.06. The predicted molar refractivity (Wildman–Crippen MR) is 64.4 cm³/mol. The second kappa shape index (κ2) is 5.33. The van der Waals surface area contributed by atoms with Gasteiger partial charge in [-0.1, -0.05) is 30.3 Å². The number of aliphatic hydroxyl groups is 1. The molecule has 1 rings (SSSR count). The van der Waals surface area contributed by atoms with Crippen molar-refractivity contribution >= 4 is 17.5 Å². The molecule has 15 heavy (non-hydrogen) atoms. The van der Waals surface area contributed by atoms with Crippen LogP contribution in [0.2, 0.25) is 0 Å². The van der Waals surface area contributed by atoms with Crippen molar-refractivity contribution in [3.63, 3.8) is 0 Å². The highest BCUT2D eigenvalue weighted by Crippen LogP contribution is 2.24. The van der Waals surface area contributed by atoms with Gasteiger partial charge in [-0.15, -0.1) is 11.8 Å². The van der Waals surface area contributed by atoms with Crippen molar-refractivity contribution in [2.24, 2.45) is 0 Å². The van der Waals surface area contributed by atoms with Crippen LogP contribution >= 0.6 is 11.8 Å². The van der Waals surface area contributed by atoms with Crippen molar-refractivity contribution in [2.75, 3.05) is 12.4 Å². The lowest BCUT2D eigenvalue weighted by Gasteiger charge is -2.20. The lowest BCUT2D eigenvalue weighted by molar-refractivity contribution is 0.102. The largest absolute Gasteiger partial charge is 0.395 e. The molecule has 2 nitrogen and oxygen atoms in total. The van der Waals surface area contributed by atoms with Gasteiger partial charge in [-0.25, -0.2) is 0 Å². The van der Waals surface area contributed by atoms with Crippen molar-refractivity contribution in [3.8, 4) is 0 Å². The molecule has 0 saturated heterocycles.